The number of rotatable bonds is 4. The van der Waals surface area contributed by atoms with Crippen LogP contribution in [0.3, 0.4) is 0 Å². The summed E-state index contributed by atoms with van der Waals surface area (Å²) in [6, 6.07) is 0.0567. The fraction of sp³-hybridized carbons (Fsp3) is 1.00. The van der Waals surface area contributed by atoms with Gasteiger partial charge >= 0.3 is 0 Å². The number of hydrogen-bond acceptors (Lipinski definition) is 3. The second-order valence-corrected chi connectivity index (χ2v) is 6.27. The first kappa shape index (κ1) is 13.9. The van der Waals surface area contributed by atoms with E-state index in [1.165, 1.54) is 4.31 Å². The number of hydrogen-bond donors (Lipinski definition) is 1. The minimum atomic E-state index is -3.27. The Hall–Kier alpha value is -0.170. The maximum Gasteiger partial charge on any atom is 0.282 e. The Balaban J connectivity index is 2.74. The molecular weight excluding hydrogens is 226 g/mol. The molecule has 1 saturated heterocycles. The van der Waals surface area contributed by atoms with E-state index < -0.39 is 10.2 Å². The number of nitrogens with one attached hydrogen (secondary N) is 1. The summed E-state index contributed by atoms with van der Waals surface area (Å²) in [6.45, 7) is 6.78. The average Bonchev–Trinajstić information content (AvgIpc) is 2.55. The first-order valence-electron chi connectivity index (χ1n) is 5.94. The molecule has 1 fully saturated rings. The normalized spacial score (nSPS) is 22.0. The monoisotopic (exact) mass is 249 g/mol. The highest BCUT2D eigenvalue weighted by atomic mass is 32.2. The molecule has 5 nitrogen and oxygen atoms in total. The van der Waals surface area contributed by atoms with Gasteiger partial charge in [-0.3, -0.25) is 0 Å². The van der Waals surface area contributed by atoms with E-state index in [2.05, 4.69) is 5.32 Å². The van der Waals surface area contributed by atoms with Gasteiger partial charge in [-0.05, 0) is 26.3 Å². The van der Waals surface area contributed by atoms with E-state index in [1.807, 2.05) is 13.8 Å². The first-order valence-corrected chi connectivity index (χ1v) is 7.33. The minimum Gasteiger partial charge on any atom is -0.315 e. The van der Waals surface area contributed by atoms with Gasteiger partial charge in [-0.1, -0.05) is 6.92 Å². The van der Waals surface area contributed by atoms with Crippen LogP contribution in [0.25, 0.3) is 0 Å². The topological polar surface area (TPSA) is 52.7 Å². The Labute approximate surface area is 99.0 Å². The van der Waals surface area contributed by atoms with Gasteiger partial charge in [0, 0.05) is 32.7 Å². The third-order valence-corrected chi connectivity index (χ3v) is 5.31. The lowest BCUT2D eigenvalue weighted by atomic mass is 10.3. The highest BCUT2D eigenvalue weighted by molar-refractivity contribution is 7.86. The van der Waals surface area contributed by atoms with Crippen molar-refractivity contribution in [2.24, 2.45) is 0 Å². The largest absolute Gasteiger partial charge is 0.315 e. The van der Waals surface area contributed by atoms with Gasteiger partial charge in [0.05, 0.1) is 0 Å². The summed E-state index contributed by atoms with van der Waals surface area (Å²) in [6.07, 6.45) is 1.72. The molecule has 0 aromatic carbocycles. The lowest BCUT2D eigenvalue weighted by Gasteiger charge is -2.29. The van der Waals surface area contributed by atoms with E-state index in [4.69, 9.17) is 0 Å². The van der Waals surface area contributed by atoms with Crippen LogP contribution in [0, 0.1) is 0 Å². The van der Waals surface area contributed by atoms with Gasteiger partial charge in [0.25, 0.3) is 10.2 Å². The fourth-order valence-corrected chi connectivity index (χ4v) is 3.37. The zero-order valence-corrected chi connectivity index (χ0v) is 11.3. The van der Waals surface area contributed by atoms with Crippen LogP contribution in [-0.2, 0) is 10.2 Å². The van der Waals surface area contributed by atoms with Crippen molar-refractivity contribution in [3.8, 4) is 0 Å². The molecule has 0 aromatic rings. The van der Waals surface area contributed by atoms with Crippen molar-refractivity contribution in [1.29, 1.82) is 0 Å². The molecule has 0 bridgehead atoms. The van der Waals surface area contributed by atoms with E-state index in [1.54, 1.807) is 11.4 Å². The van der Waals surface area contributed by atoms with Crippen molar-refractivity contribution in [1.82, 2.24) is 13.9 Å². The van der Waals surface area contributed by atoms with Gasteiger partial charge in [0.1, 0.15) is 0 Å². The standard InChI is InChI=1S/C10H23N3O2S/c1-4-10(2)12(3)16(14,15)13-8-5-6-11-7-9-13/h10-11H,4-9H2,1-3H3. The van der Waals surface area contributed by atoms with Crippen LogP contribution in [0.5, 0.6) is 0 Å². The SMILES string of the molecule is CCC(C)N(C)S(=O)(=O)N1CCCNCC1. The fourth-order valence-electron chi connectivity index (χ4n) is 1.72. The van der Waals surface area contributed by atoms with Crippen LogP contribution >= 0.6 is 0 Å². The van der Waals surface area contributed by atoms with E-state index in [0.29, 0.717) is 13.1 Å². The molecule has 0 saturated carbocycles. The summed E-state index contributed by atoms with van der Waals surface area (Å²) in [7, 11) is -1.60. The van der Waals surface area contributed by atoms with Gasteiger partial charge in [-0.25, -0.2) is 0 Å². The minimum absolute atomic E-state index is 0.0567. The van der Waals surface area contributed by atoms with Gasteiger partial charge in [0.2, 0.25) is 0 Å². The molecule has 1 heterocycles. The molecule has 0 aromatic heterocycles. The molecule has 0 aliphatic carbocycles. The van der Waals surface area contributed by atoms with E-state index >= 15 is 0 Å². The van der Waals surface area contributed by atoms with Crippen LogP contribution < -0.4 is 5.32 Å². The van der Waals surface area contributed by atoms with Crippen LogP contribution in [-0.4, -0.2) is 56.3 Å². The zero-order chi connectivity index (χ0) is 12.2. The van der Waals surface area contributed by atoms with Crippen molar-refractivity contribution in [3.63, 3.8) is 0 Å². The summed E-state index contributed by atoms with van der Waals surface area (Å²) in [5.74, 6) is 0. The summed E-state index contributed by atoms with van der Waals surface area (Å²) in [5.41, 5.74) is 0. The third-order valence-electron chi connectivity index (χ3n) is 3.20. The molecule has 96 valence electrons. The van der Waals surface area contributed by atoms with Crippen molar-refractivity contribution in [2.45, 2.75) is 32.7 Å². The van der Waals surface area contributed by atoms with Crippen LogP contribution in [0.1, 0.15) is 26.7 Å². The van der Waals surface area contributed by atoms with Crippen molar-refractivity contribution >= 4 is 10.2 Å². The molecule has 0 amide bonds. The lowest BCUT2D eigenvalue weighted by Crippen LogP contribution is -2.46. The average molecular weight is 249 g/mol. The summed E-state index contributed by atoms with van der Waals surface area (Å²) in [5, 5.41) is 3.21. The highest BCUT2D eigenvalue weighted by Gasteiger charge is 2.29. The lowest BCUT2D eigenvalue weighted by molar-refractivity contribution is 0.327. The molecule has 1 unspecified atom stereocenters. The second-order valence-electron chi connectivity index (χ2n) is 4.28. The molecule has 1 atom stereocenters. The van der Waals surface area contributed by atoms with Crippen LogP contribution in [0.4, 0.5) is 0 Å². The molecule has 1 aliphatic rings. The predicted molar refractivity (Wildman–Crippen MR) is 65.5 cm³/mol. The summed E-state index contributed by atoms with van der Waals surface area (Å²) >= 11 is 0. The molecule has 1 N–H and O–H groups in total. The Kier molecular flexibility index (Phi) is 5.17. The summed E-state index contributed by atoms with van der Waals surface area (Å²) in [4.78, 5) is 0. The van der Waals surface area contributed by atoms with Gasteiger partial charge < -0.3 is 5.32 Å². The molecule has 16 heavy (non-hydrogen) atoms. The van der Waals surface area contributed by atoms with Crippen LogP contribution in [0.2, 0.25) is 0 Å². The second kappa shape index (κ2) is 5.95. The molecule has 1 rings (SSSR count). The van der Waals surface area contributed by atoms with Crippen molar-refractivity contribution in [2.75, 3.05) is 33.2 Å². The van der Waals surface area contributed by atoms with E-state index in [9.17, 15) is 8.42 Å². The first-order chi connectivity index (χ1) is 7.50. The van der Waals surface area contributed by atoms with Gasteiger partial charge in [0.15, 0.2) is 0 Å². The van der Waals surface area contributed by atoms with E-state index in [-0.39, 0.29) is 6.04 Å². The zero-order valence-electron chi connectivity index (χ0n) is 10.4. The maximum absolute atomic E-state index is 12.3. The number of nitrogens with zero attached hydrogens (tertiary/aromatic N) is 2. The Morgan fingerprint density at radius 2 is 2.06 bits per heavy atom. The quantitative estimate of drug-likeness (QED) is 0.777. The Morgan fingerprint density at radius 3 is 2.69 bits per heavy atom. The maximum atomic E-state index is 12.3. The molecule has 6 heteroatoms. The Bertz CT molecular complexity index is 297. The summed E-state index contributed by atoms with van der Waals surface area (Å²) < 4.78 is 27.6. The third kappa shape index (κ3) is 3.16. The van der Waals surface area contributed by atoms with Crippen LogP contribution in [0.15, 0.2) is 0 Å². The predicted octanol–water partition coefficient (Wildman–Crippen LogP) is 0.257. The van der Waals surface area contributed by atoms with Crippen molar-refractivity contribution in [3.05, 3.63) is 0 Å². The molecular formula is C10H23N3O2S. The van der Waals surface area contributed by atoms with Crippen molar-refractivity contribution < 1.29 is 8.42 Å². The van der Waals surface area contributed by atoms with Gasteiger partial charge in [-0.15, -0.1) is 0 Å². The van der Waals surface area contributed by atoms with E-state index in [0.717, 1.165) is 25.9 Å². The Morgan fingerprint density at radius 1 is 1.38 bits per heavy atom. The molecule has 0 spiro atoms. The van der Waals surface area contributed by atoms with Gasteiger partial charge in [-0.2, -0.15) is 17.0 Å². The molecule has 1 aliphatic heterocycles. The molecule has 0 radical (unpaired) electrons. The smallest absolute Gasteiger partial charge is 0.282 e. The highest BCUT2D eigenvalue weighted by Crippen LogP contribution is 2.13.